The predicted octanol–water partition coefficient (Wildman–Crippen LogP) is 2.71. The first-order valence-corrected chi connectivity index (χ1v) is 5.61. The molecule has 0 unspecified atom stereocenters. The summed E-state index contributed by atoms with van der Waals surface area (Å²) < 4.78 is 5.06. The van der Waals surface area contributed by atoms with E-state index < -0.39 is 12.0 Å². The average molecular weight is 233 g/mol. The highest BCUT2D eigenvalue weighted by atomic mass is 16.5. The average Bonchev–Trinajstić information content (AvgIpc) is 2.29. The maximum atomic E-state index is 10.2. The Morgan fingerprint density at radius 3 is 2.12 bits per heavy atom. The Labute approximate surface area is 103 Å². The van der Waals surface area contributed by atoms with E-state index in [9.17, 15) is 10.4 Å². The van der Waals surface area contributed by atoms with Crippen molar-refractivity contribution < 1.29 is 9.84 Å². The molecule has 3 heteroatoms. The minimum atomic E-state index is -0.694. The Kier molecular flexibility index (Phi) is 4.14. The van der Waals surface area contributed by atoms with Gasteiger partial charge in [0, 0.05) is 0 Å². The second-order valence-corrected chi connectivity index (χ2v) is 5.19. The number of benzene rings is 1. The van der Waals surface area contributed by atoms with Gasteiger partial charge in [-0.15, -0.1) is 0 Å². The third-order valence-corrected chi connectivity index (χ3v) is 2.82. The van der Waals surface area contributed by atoms with Crippen molar-refractivity contribution >= 4 is 0 Å². The second-order valence-electron chi connectivity index (χ2n) is 5.19. The van der Waals surface area contributed by atoms with Gasteiger partial charge in [-0.1, -0.05) is 32.9 Å². The summed E-state index contributed by atoms with van der Waals surface area (Å²) in [6.07, 6.45) is -0.694. The van der Waals surface area contributed by atoms with E-state index in [0.717, 1.165) is 11.3 Å². The highest BCUT2D eigenvalue weighted by molar-refractivity contribution is 5.33. The van der Waals surface area contributed by atoms with Crippen molar-refractivity contribution in [1.29, 1.82) is 5.26 Å². The van der Waals surface area contributed by atoms with Crippen LogP contribution in [0.2, 0.25) is 0 Å². The monoisotopic (exact) mass is 233 g/mol. The molecule has 0 radical (unpaired) electrons. The van der Waals surface area contributed by atoms with Gasteiger partial charge < -0.3 is 9.84 Å². The number of ether oxygens (including phenoxy) is 1. The van der Waals surface area contributed by atoms with Crippen molar-refractivity contribution in [3.05, 3.63) is 29.8 Å². The van der Waals surface area contributed by atoms with Crippen LogP contribution >= 0.6 is 0 Å². The molecule has 92 valence electrons. The molecule has 0 aliphatic heterocycles. The lowest BCUT2D eigenvalue weighted by Gasteiger charge is -2.29. The summed E-state index contributed by atoms with van der Waals surface area (Å²) in [5.41, 5.74) is 0.496. The van der Waals surface area contributed by atoms with Crippen LogP contribution in [0.3, 0.4) is 0 Å². The molecule has 1 aromatic carbocycles. The summed E-state index contributed by atoms with van der Waals surface area (Å²) in [6.45, 7) is 5.77. The van der Waals surface area contributed by atoms with Crippen LogP contribution in [0, 0.1) is 16.7 Å². The Morgan fingerprint density at radius 1 is 1.24 bits per heavy atom. The van der Waals surface area contributed by atoms with Crippen LogP contribution in [-0.4, -0.2) is 18.3 Å². The summed E-state index contributed by atoms with van der Waals surface area (Å²) in [4.78, 5) is 0. The molecular formula is C14H19NO2. The van der Waals surface area contributed by atoms with E-state index >= 15 is 0 Å². The first-order chi connectivity index (χ1) is 7.90. The Bertz CT molecular complexity index is 398. The van der Waals surface area contributed by atoms with Gasteiger partial charge in [0.05, 0.1) is 25.2 Å². The summed E-state index contributed by atoms with van der Waals surface area (Å²) >= 11 is 0. The SMILES string of the molecule is COc1ccc([C@H](C#N)[C@@H](O)C(C)(C)C)cc1. The molecule has 1 rings (SSSR count). The van der Waals surface area contributed by atoms with Crippen molar-refractivity contribution in [2.75, 3.05) is 7.11 Å². The van der Waals surface area contributed by atoms with E-state index in [1.165, 1.54) is 0 Å². The van der Waals surface area contributed by atoms with Crippen LogP contribution < -0.4 is 4.74 Å². The maximum absolute atomic E-state index is 10.2. The molecule has 0 bridgehead atoms. The van der Waals surface area contributed by atoms with Crippen LogP contribution in [0.4, 0.5) is 0 Å². The number of aliphatic hydroxyl groups excluding tert-OH is 1. The molecule has 3 nitrogen and oxygen atoms in total. The number of nitriles is 1. The third-order valence-electron chi connectivity index (χ3n) is 2.82. The maximum Gasteiger partial charge on any atom is 0.118 e. The standard InChI is InChI=1S/C14H19NO2/c1-14(2,3)13(16)12(9-15)10-5-7-11(17-4)8-6-10/h5-8,12-13,16H,1-4H3/t12-,13+/m0/s1. The molecule has 17 heavy (non-hydrogen) atoms. The van der Waals surface area contributed by atoms with Gasteiger partial charge in [-0.25, -0.2) is 0 Å². The van der Waals surface area contributed by atoms with Crippen LogP contribution in [-0.2, 0) is 0 Å². The van der Waals surface area contributed by atoms with Gasteiger partial charge in [0.2, 0.25) is 0 Å². The first-order valence-electron chi connectivity index (χ1n) is 5.61. The molecule has 0 amide bonds. The van der Waals surface area contributed by atoms with E-state index in [1.807, 2.05) is 32.9 Å². The summed E-state index contributed by atoms with van der Waals surface area (Å²) in [6, 6.07) is 9.41. The van der Waals surface area contributed by atoms with Crippen molar-refractivity contribution in [2.45, 2.75) is 32.8 Å². The minimum absolute atomic E-state index is 0.319. The smallest absolute Gasteiger partial charge is 0.118 e. The highest BCUT2D eigenvalue weighted by Gasteiger charge is 2.31. The lowest BCUT2D eigenvalue weighted by molar-refractivity contribution is 0.0527. The first kappa shape index (κ1) is 13.5. The molecule has 1 aromatic rings. The molecule has 0 spiro atoms. The van der Waals surface area contributed by atoms with Gasteiger partial charge >= 0.3 is 0 Å². The van der Waals surface area contributed by atoms with Crippen LogP contribution in [0.15, 0.2) is 24.3 Å². The van der Waals surface area contributed by atoms with Gasteiger partial charge in [0.15, 0.2) is 0 Å². The van der Waals surface area contributed by atoms with E-state index in [0.29, 0.717) is 0 Å². The second kappa shape index (κ2) is 5.20. The Hall–Kier alpha value is -1.53. The fourth-order valence-corrected chi connectivity index (χ4v) is 1.64. The molecule has 2 atom stereocenters. The molecule has 0 aromatic heterocycles. The molecule has 0 aliphatic rings. The Balaban J connectivity index is 2.98. The molecule has 0 saturated carbocycles. The highest BCUT2D eigenvalue weighted by Crippen LogP contribution is 2.31. The van der Waals surface area contributed by atoms with Crippen molar-refractivity contribution in [2.24, 2.45) is 5.41 Å². The molecular weight excluding hydrogens is 214 g/mol. The molecule has 1 N–H and O–H groups in total. The number of nitrogens with zero attached hydrogens (tertiary/aromatic N) is 1. The van der Waals surface area contributed by atoms with E-state index in [-0.39, 0.29) is 5.41 Å². The number of methoxy groups -OCH3 is 1. The van der Waals surface area contributed by atoms with E-state index in [1.54, 1.807) is 19.2 Å². The van der Waals surface area contributed by atoms with E-state index in [2.05, 4.69) is 6.07 Å². The Morgan fingerprint density at radius 2 is 1.76 bits per heavy atom. The zero-order valence-electron chi connectivity index (χ0n) is 10.8. The number of hydrogen-bond acceptors (Lipinski definition) is 3. The fraction of sp³-hybridized carbons (Fsp3) is 0.500. The van der Waals surface area contributed by atoms with Gasteiger partial charge in [0.1, 0.15) is 5.75 Å². The van der Waals surface area contributed by atoms with Crippen LogP contribution in [0.25, 0.3) is 0 Å². The van der Waals surface area contributed by atoms with Gasteiger partial charge in [-0.2, -0.15) is 5.26 Å². The number of aliphatic hydroxyl groups is 1. The van der Waals surface area contributed by atoms with Crippen LogP contribution in [0.1, 0.15) is 32.3 Å². The zero-order chi connectivity index (χ0) is 13.1. The molecule has 0 aliphatic carbocycles. The molecule has 0 saturated heterocycles. The normalized spacial score (nSPS) is 14.8. The number of rotatable bonds is 3. The molecule has 0 heterocycles. The lowest BCUT2D eigenvalue weighted by Crippen LogP contribution is -2.31. The van der Waals surface area contributed by atoms with Gasteiger partial charge in [-0.05, 0) is 23.1 Å². The zero-order valence-corrected chi connectivity index (χ0v) is 10.8. The van der Waals surface area contributed by atoms with E-state index in [4.69, 9.17) is 4.74 Å². The molecule has 0 fully saturated rings. The van der Waals surface area contributed by atoms with Gasteiger partial charge in [-0.3, -0.25) is 0 Å². The summed E-state index contributed by atoms with van der Waals surface area (Å²) in [7, 11) is 1.60. The summed E-state index contributed by atoms with van der Waals surface area (Å²) in [5.74, 6) is 0.233. The lowest BCUT2D eigenvalue weighted by atomic mass is 9.79. The minimum Gasteiger partial charge on any atom is -0.497 e. The fourth-order valence-electron chi connectivity index (χ4n) is 1.64. The number of hydrogen-bond donors (Lipinski definition) is 1. The predicted molar refractivity (Wildman–Crippen MR) is 66.8 cm³/mol. The quantitative estimate of drug-likeness (QED) is 0.873. The van der Waals surface area contributed by atoms with Crippen molar-refractivity contribution in [1.82, 2.24) is 0 Å². The summed E-state index contributed by atoms with van der Waals surface area (Å²) in [5, 5.41) is 19.4. The third kappa shape index (κ3) is 3.21. The largest absolute Gasteiger partial charge is 0.497 e. The van der Waals surface area contributed by atoms with Gasteiger partial charge in [0.25, 0.3) is 0 Å². The van der Waals surface area contributed by atoms with Crippen molar-refractivity contribution in [3.8, 4) is 11.8 Å². The topological polar surface area (TPSA) is 53.2 Å². The van der Waals surface area contributed by atoms with Crippen LogP contribution in [0.5, 0.6) is 5.75 Å². The van der Waals surface area contributed by atoms with Crippen molar-refractivity contribution in [3.63, 3.8) is 0 Å².